The molecule has 0 unspecified atom stereocenters. The summed E-state index contributed by atoms with van der Waals surface area (Å²) in [6.45, 7) is 4.18. The van der Waals surface area contributed by atoms with E-state index in [4.69, 9.17) is 12.2 Å². The van der Waals surface area contributed by atoms with Crippen molar-refractivity contribution >= 4 is 18.2 Å². The van der Waals surface area contributed by atoms with E-state index in [1.165, 1.54) is 12.8 Å². The van der Waals surface area contributed by atoms with Gasteiger partial charge in [0.05, 0.1) is 5.69 Å². The molecule has 5 heteroatoms. The van der Waals surface area contributed by atoms with Crippen LogP contribution in [0.3, 0.4) is 0 Å². The van der Waals surface area contributed by atoms with E-state index in [0.717, 1.165) is 30.6 Å². The van der Waals surface area contributed by atoms with E-state index < -0.39 is 0 Å². The molecule has 0 radical (unpaired) electrons. The largest absolute Gasteiger partial charge is 0.341 e. The van der Waals surface area contributed by atoms with Crippen LogP contribution >= 0.6 is 12.2 Å². The Labute approximate surface area is 118 Å². The average molecular weight is 274 g/mol. The summed E-state index contributed by atoms with van der Waals surface area (Å²) in [6.07, 6.45) is 2.68. The molecule has 1 aromatic heterocycles. The van der Waals surface area contributed by atoms with Gasteiger partial charge in [0.1, 0.15) is 0 Å². The first-order chi connectivity index (χ1) is 9.29. The molecule has 1 N–H and O–H groups in total. The SMILES string of the molecule is CCN(CC1CC1)c1n[nH]c(=S)n1-c1ccccc1. The van der Waals surface area contributed by atoms with E-state index in [1.54, 1.807) is 0 Å². The van der Waals surface area contributed by atoms with Gasteiger partial charge in [0, 0.05) is 13.1 Å². The van der Waals surface area contributed by atoms with E-state index in [-0.39, 0.29) is 0 Å². The molecule has 1 aliphatic carbocycles. The van der Waals surface area contributed by atoms with Crippen LogP contribution in [-0.4, -0.2) is 27.9 Å². The van der Waals surface area contributed by atoms with Gasteiger partial charge in [-0.1, -0.05) is 18.2 Å². The number of anilines is 1. The lowest BCUT2D eigenvalue weighted by Gasteiger charge is -2.22. The molecule has 0 saturated heterocycles. The highest BCUT2D eigenvalue weighted by Gasteiger charge is 2.26. The van der Waals surface area contributed by atoms with Crippen molar-refractivity contribution < 1.29 is 0 Å². The first-order valence-electron chi connectivity index (χ1n) is 6.77. The molecule has 3 rings (SSSR count). The molecule has 1 heterocycles. The van der Waals surface area contributed by atoms with Gasteiger partial charge in [-0.15, -0.1) is 5.10 Å². The minimum atomic E-state index is 0.649. The highest BCUT2D eigenvalue weighted by atomic mass is 32.1. The molecule has 4 nitrogen and oxygen atoms in total. The summed E-state index contributed by atoms with van der Waals surface area (Å²) in [6, 6.07) is 10.2. The standard InChI is InChI=1S/C14H18N4S/c1-2-17(10-11-8-9-11)13-15-16-14(19)18(13)12-6-4-3-5-7-12/h3-7,11H,2,8-10H2,1H3,(H,16,19). The summed E-state index contributed by atoms with van der Waals surface area (Å²) in [5.74, 6) is 1.75. The number of aromatic nitrogens is 3. The second-order valence-electron chi connectivity index (χ2n) is 4.98. The summed E-state index contributed by atoms with van der Waals surface area (Å²) in [7, 11) is 0. The molecule has 1 saturated carbocycles. The highest BCUT2D eigenvalue weighted by Crippen LogP contribution is 2.31. The lowest BCUT2D eigenvalue weighted by molar-refractivity contribution is 0.711. The Hall–Kier alpha value is -1.62. The van der Waals surface area contributed by atoms with Crippen LogP contribution in [0.2, 0.25) is 0 Å². The normalized spacial score (nSPS) is 14.6. The Morgan fingerprint density at radius 1 is 1.37 bits per heavy atom. The van der Waals surface area contributed by atoms with E-state index in [1.807, 2.05) is 22.8 Å². The summed E-state index contributed by atoms with van der Waals surface area (Å²) in [5.41, 5.74) is 1.06. The monoisotopic (exact) mass is 274 g/mol. The molecule has 0 aliphatic heterocycles. The zero-order valence-electron chi connectivity index (χ0n) is 11.0. The summed E-state index contributed by atoms with van der Waals surface area (Å²) >= 11 is 5.37. The summed E-state index contributed by atoms with van der Waals surface area (Å²) < 4.78 is 2.66. The Balaban J connectivity index is 1.99. The maximum Gasteiger partial charge on any atom is 0.230 e. The van der Waals surface area contributed by atoms with Crippen molar-refractivity contribution in [3.8, 4) is 5.69 Å². The van der Waals surface area contributed by atoms with Crippen LogP contribution in [0.15, 0.2) is 30.3 Å². The van der Waals surface area contributed by atoms with Crippen LogP contribution in [0.25, 0.3) is 5.69 Å². The molecule has 0 amide bonds. The second kappa shape index (κ2) is 5.17. The topological polar surface area (TPSA) is 36.9 Å². The first kappa shape index (κ1) is 12.4. The number of nitrogens with zero attached hydrogens (tertiary/aromatic N) is 3. The van der Waals surface area contributed by atoms with Crippen LogP contribution < -0.4 is 4.90 Å². The van der Waals surface area contributed by atoms with E-state index in [0.29, 0.717) is 4.77 Å². The minimum Gasteiger partial charge on any atom is -0.341 e. The fourth-order valence-electron chi connectivity index (χ4n) is 2.27. The molecule has 1 aliphatic rings. The van der Waals surface area contributed by atoms with E-state index in [2.05, 4.69) is 34.2 Å². The molecule has 1 fully saturated rings. The predicted octanol–water partition coefficient (Wildman–Crippen LogP) is 3.17. The number of benzene rings is 1. The maximum atomic E-state index is 5.37. The lowest BCUT2D eigenvalue weighted by atomic mass is 10.3. The third kappa shape index (κ3) is 2.56. The van der Waals surface area contributed by atoms with Crippen LogP contribution in [0.4, 0.5) is 5.95 Å². The molecular formula is C14H18N4S. The van der Waals surface area contributed by atoms with Gasteiger partial charge >= 0.3 is 0 Å². The van der Waals surface area contributed by atoms with Crippen molar-refractivity contribution in [3.05, 3.63) is 35.1 Å². The van der Waals surface area contributed by atoms with Crippen LogP contribution in [0.5, 0.6) is 0 Å². The van der Waals surface area contributed by atoms with Gasteiger partial charge < -0.3 is 4.90 Å². The molecule has 2 aromatic rings. The summed E-state index contributed by atoms with van der Waals surface area (Å²) in [4.78, 5) is 2.30. The number of rotatable bonds is 5. The fourth-order valence-corrected chi connectivity index (χ4v) is 2.51. The van der Waals surface area contributed by atoms with Gasteiger partial charge in [-0.25, -0.2) is 5.10 Å². The van der Waals surface area contributed by atoms with Gasteiger partial charge in [-0.2, -0.15) is 0 Å². The Kier molecular flexibility index (Phi) is 3.38. The summed E-state index contributed by atoms with van der Waals surface area (Å²) in [5, 5.41) is 7.33. The highest BCUT2D eigenvalue weighted by molar-refractivity contribution is 7.71. The number of nitrogens with one attached hydrogen (secondary N) is 1. The number of H-pyrrole nitrogens is 1. The number of hydrogen-bond donors (Lipinski definition) is 1. The van der Waals surface area contributed by atoms with E-state index >= 15 is 0 Å². The van der Waals surface area contributed by atoms with Crippen molar-refractivity contribution in [3.63, 3.8) is 0 Å². The van der Waals surface area contributed by atoms with Gasteiger partial charge in [-0.05, 0) is 50.0 Å². The van der Waals surface area contributed by atoms with Crippen molar-refractivity contribution in [1.82, 2.24) is 14.8 Å². The first-order valence-corrected chi connectivity index (χ1v) is 7.18. The fraction of sp³-hybridized carbons (Fsp3) is 0.429. The Bertz CT molecular complexity index is 597. The Morgan fingerprint density at radius 3 is 2.74 bits per heavy atom. The third-order valence-electron chi connectivity index (χ3n) is 3.51. The van der Waals surface area contributed by atoms with Gasteiger partial charge in [0.2, 0.25) is 10.7 Å². The minimum absolute atomic E-state index is 0.649. The van der Waals surface area contributed by atoms with Crippen LogP contribution in [0, 0.1) is 10.7 Å². The molecule has 0 bridgehead atoms. The molecule has 100 valence electrons. The maximum absolute atomic E-state index is 5.37. The van der Waals surface area contributed by atoms with Gasteiger partial charge in [0.25, 0.3) is 0 Å². The smallest absolute Gasteiger partial charge is 0.230 e. The van der Waals surface area contributed by atoms with Gasteiger partial charge in [0.15, 0.2) is 0 Å². The molecule has 0 atom stereocenters. The third-order valence-corrected chi connectivity index (χ3v) is 3.78. The molecule has 1 aromatic carbocycles. The zero-order chi connectivity index (χ0) is 13.2. The van der Waals surface area contributed by atoms with Crippen molar-refractivity contribution in [2.75, 3.05) is 18.0 Å². The average Bonchev–Trinajstić information content (AvgIpc) is 3.18. The van der Waals surface area contributed by atoms with E-state index in [9.17, 15) is 0 Å². The number of para-hydroxylation sites is 1. The number of aromatic amines is 1. The lowest BCUT2D eigenvalue weighted by Crippen LogP contribution is -2.28. The van der Waals surface area contributed by atoms with Crippen LogP contribution in [-0.2, 0) is 0 Å². The van der Waals surface area contributed by atoms with Crippen LogP contribution in [0.1, 0.15) is 19.8 Å². The second-order valence-corrected chi connectivity index (χ2v) is 5.37. The van der Waals surface area contributed by atoms with Crippen molar-refractivity contribution in [2.45, 2.75) is 19.8 Å². The number of hydrogen-bond acceptors (Lipinski definition) is 3. The van der Waals surface area contributed by atoms with Crippen molar-refractivity contribution in [1.29, 1.82) is 0 Å². The quantitative estimate of drug-likeness (QED) is 0.851. The Morgan fingerprint density at radius 2 is 2.11 bits per heavy atom. The zero-order valence-corrected chi connectivity index (χ0v) is 11.9. The molecular weight excluding hydrogens is 256 g/mol. The predicted molar refractivity (Wildman–Crippen MR) is 79.4 cm³/mol. The van der Waals surface area contributed by atoms with Gasteiger partial charge in [-0.3, -0.25) is 4.57 Å². The van der Waals surface area contributed by atoms with Crippen molar-refractivity contribution in [2.24, 2.45) is 5.92 Å². The molecule has 19 heavy (non-hydrogen) atoms. The molecule has 0 spiro atoms.